The number of carbonyl (C=O) groups excluding carboxylic acids is 1. The molecule has 2 heterocycles. The first-order valence-corrected chi connectivity index (χ1v) is 10.1. The third kappa shape index (κ3) is 2.61. The van der Waals surface area contributed by atoms with E-state index in [2.05, 4.69) is 4.98 Å². The Labute approximate surface area is 167 Å². The Morgan fingerprint density at radius 3 is 2.55 bits per heavy atom. The van der Waals surface area contributed by atoms with Gasteiger partial charge in [-0.15, -0.1) is 0 Å². The van der Waals surface area contributed by atoms with Crippen molar-refractivity contribution < 1.29 is 9.53 Å². The Hall–Kier alpha value is -3.34. The molecule has 0 spiro atoms. The largest absolute Gasteiger partial charge is 0.421 e. The molecule has 1 fully saturated rings. The first-order valence-electron chi connectivity index (χ1n) is 10.1. The fourth-order valence-electron chi connectivity index (χ4n) is 4.75. The van der Waals surface area contributed by atoms with Crippen molar-refractivity contribution in [2.75, 3.05) is 0 Å². The summed E-state index contributed by atoms with van der Waals surface area (Å²) in [7, 11) is 0. The standard InChI is InChI=1S/C24H19N3O2/c1-13-5-6-14-3-2-4-20(21(14)25-13)29-24(28)17-9-10-18-19(12-17)27-23-16-8-7-15(11-16)22(23)26-18/h2-6,9-10,12,15-16H,7-8,11H2,1H3. The first-order chi connectivity index (χ1) is 14.2. The van der Waals surface area contributed by atoms with Gasteiger partial charge in [0.05, 0.1) is 28.0 Å². The number of esters is 1. The number of aromatic nitrogens is 3. The van der Waals surface area contributed by atoms with Crippen molar-refractivity contribution in [3.63, 3.8) is 0 Å². The molecule has 2 aliphatic rings. The second-order valence-electron chi connectivity index (χ2n) is 8.07. The van der Waals surface area contributed by atoms with Crippen LogP contribution in [0.5, 0.6) is 5.75 Å². The summed E-state index contributed by atoms with van der Waals surface area (Å²) in [6, 6.07) is 15.0. The van der Waals surface area contributed by atoms with E-state index >= 15 is 0 Å². The van der Waals surface area contributed by atoms with Gasteiger partial charge in [-0.1, -0.05) is 18.2 Å². The van der Waals surface area contributed by atoms with E-state index in [1.165, 1.54) is 25.0 Å². The van der Waals surface area contributed by atoms with E-state index in [0.29, 0.717) is 28.7 Å². The van der Waals surface area contributed by atoms with Gasteiger partial charge in [0.15, 0.2) is 5.75 Å². The van der Waals surface area contributed by atoms with E-state index in [1.807, 2.05) is 37.3 Å². The number of ether oxygens (including phenoxy) is 1. The van der Waals surface area contributed by atoms with Gasteiger partial charge >= 0.3 is 5.97 Å². The van der Waals surface area contributed by atoms with Gasteiger partial charge in [-0.3, -0.25) is 0 Å². The minimum atomic E-state index is -0.411. The maximum atomic E-state index is 12.8. The predicted molar refractivity (Wildman–Crippen MR) is 110 cm³/mol. The Morgan fingerprint density at radius 1 is 0.931 bits per heavy atom. The van der Waals surface area contributed by atoms with Gasteiger partial charge in [-0.05, 0) is 56.5 Å². The quantitative estimate of drug-likeness (QED) is 0.358. The van der Waals surface area contributed by atoms with Crippen LogP contribution in [0.3, 0.4) is 0 Å². The molecule has 0 saturated heterocycles. The molecular formula is C24H19N3O2. The number of hydrogen-bond acceptors (Lipinski definition) is 5. The SMILES string of the molecule is Cc1ccc2cccc(OC(=O)c3ccc4nc5c(nc4c3)C3CCC5C3)c2n1. The number of fused-ring (bicyclic) bond motifs is 7. The topological polar surface area (TPSA) is 65.0 Å². The zero-order valence-corrected chi connectivity index (χ0v) is 16.1. The van der Waals surface area contributed by atoms with Gasteiger partial charge in [0.1, 0.15) is 5.52 Å². The van der Waals surface area contributed by atoms with Crippen molar-refractivity contribution in [1.29, 1.82) is 0 Å². The van der Waals surface area contributed by atoms with E-state index < -0.39 is 5.97 Å². The highest BCUT2D eigenvalue weighted by Gasteiger charge is 2.39. The molecule has 0 N–H and O–H groups in total. The lowest BCUT2D eigenvalue weighted by Crippen LogP contribution is -2.10. The van der Waals surface area contributed by atoms with Crippen molar-refractivity contribution in [3.05, 3.63) is 71.2 Å². The molecule has 29 heavy (non-hydrogen) atoms. The highest BCUT2D eigenvalue weighted by Crippen LogP contribution is 2.51. The molecule has 2 aromatic heterocycles. The second-order valence-corrected chi connectivity index (χ2v) is 8.07. The molecule has 5 nitrogen and oxygen atoms in total. The molecule has 2 atom stereocenters. The highest BCUT2D eigenvalue weighted by molar-refractivity contribution is 5.96. The molecule has 2 aromatic carbocycles. The maximum Gasteiger partial charge on any atom is 0.343 e. The van der Waals surface area contributed by atoms with Gasteiger partial charge in [0, 0.05) is 22.9 Å². The van der Waals surface area contributed by atoms with Gasteiger partial charge in [0.2, 0.25) is 0 Å². The number of pyridine rings is 1. The number of para-hydroxylation sites is 1. The van der Waals surface area contributed by atoms with E-state index in [0.717, 1.165) is 27.8 Å². The fourth-order valence-corrected chi connectivity index (χ4v) is 4.75. The molecule has 4 aromatic rings. The summed E-state index contributed by atoms with van der Waals surface area (Å²) in [5.41, 5.74) is 5.95. The van der Waals surface area contributed by atoms with Crippen LogP contribution in [0.25, 0.3) is 21.9 Å². The number of rotatable bonds is 2. The molecule has 5 heteroatoms. The first kappa shape index (κ1) is 16.6. The zero-order valence-electron chi connectivity index (χ0n) is 16.1. The number of aryl methyl sites for hydroxylation is 1. The Bertz CT molecular complexity index is 1310. The summed E-state index contributed by atoms with van der Waals surface area (Å²) in [5, 5.41) is 0.941. The third-order valence-electron chi connectivity index (χ3n) is 6.19. The van der Waals surface area contributed by atoms with Gasteiger partial charge < -0.3 is 4.74 Å². The van der Waals surface area contributed by atoms with Crippen molar-refractivity contribution >= 4 is 27.9 Å². The number of carbonyl (C=O) groups is 1. The normalized spacial score (nSPS) is 19.6. The van der Waals surface area contributed by atoms with E-state index in [1.54, 1.807) is 18.2 Å². The number of hydrogen-bond donors (Lipinski definition) is 0. The predicted octanol–water partition coefficient (Wildman–Crippen LogP) is 5.07. The molecule has 142 valence electrons. The average molecular weight is 381 g/mol. The molecule has 2 bridgehead atoms. The van der Waals surface area contributed by atoms with Crippen LogP contribution in [-0.2, 0) is 0 Å². The molecule has 0 amide bonds. The maximum absolute atomic E-state index is 12.8. The lowest BCUT2D eigenvalue weighted by Gasteiger charge is -2.14. The molecule has 0 aliphatic heterocycles. The van der Waals surface area contributed by atoms with Crippen LogP contribution in [0.2, 0.25) is 0 Å². The fraction of sp³-hybridized carbons (Fsp3) is 0.250. The number of benzene rings is 2. The van der Waals surface area contributed by atoms with Crippen LogP contribution in [0.15, 0.2) is 48.5 Å². The lowest BCUT2D eigenvalue weighted by molar-refractivity contribution is 0.0737. The lowest BCUT2D eigenvalue weighted by atomic mass is 10.00. The Balaban J connectivity index is 1.37. The molecule has 0 radical (unpaired) electrons. The van der Waals surface area contributed by atoms with Crippen LogP contribution in [0.4, 0.5) is 0 Å². The molecule has 6 rings (SSSR count). The average Bonchev–Trinajstić information content (AvgIpc) is 3.35. The summed E-state index contributed by atoms with van der Waals surface area (Å²) >= 11 is 0. The minimum Gasteiger partial charge on any atom is -0.421 e. The Morgan fingerprint density at radius 2 is 1.72 bits per heavy atom. The molecule has 2 unspecified atom stereocenters. The van der Waals surface area contributed by atoms with E-state index in [9.17, 15) is 4.79 Å². The van der Waals surface area contributed by atoms with Crippen molar-refractivity contribution in [1.82, 2.24) is 15.0 Å². The molecule has 1 saturated carbocycles. The summed E-state index contributed by atoms with van der Waals surface area (Å²) < 4.78 is 5.71. The second kappa shape index (κ2) is 6.08. The van der Waals surface area contributed by atoms with Crippen LogP contribution in [0, 0.1) is 6.92 Å². The van der Waals surface area contributed by atoms with Crippen LogP contribution in [-0.4, -0.2) is 20.9 Å². The summed E-state index contributed by atoms with van der Waals surface area (Å²) in [6.07, 6.45) is 3.60. The van der Waals surface area contributed by atoms with Crippen molar-refractivity contribution in [2.45, 2.75) is 38.0 Å². The van der Waals surface area contributed by atoms with Crippen LogP contribution < -0.4 is 4.74 Å². The van der Waals surface area contributed by atoms with Gasteiger partial charge in [-0.2, -0.15) is 0 Å². The summed E-state index contributed by atoms with van der Waals surface area (Å²) in [4.78, 5) is 27.1. The summed E-state index contributed by atoms with van der Waals surface area (Å²) in [5.74, 6) is 1.16. The minimum absolute atomic E-state index is 0.411. The van der Waals surface area contributed by atoms with Crippen LogP contribution >= 0.6 is 0 Å². The van der Waals surface area contributed by atoms with Crippen LogP contribution in [0.1, 0.15) is 58.5 Å². The number of nitrogens with zero attached hydrogens (tertiary/aromatic N) is 3. The highest BCUT2D eigenvalue weighted by atomic mass is 16.5. The van der Waals surface area contributed by atoms with Gasteiger partial charge in [0.25, 0.3) is 0 Å². The van der Waals surface area contributed by atoms with Crippen molar-refractivity contribution in [3.8, 4) is 5.75 Å². The zero-order chi connectivity index (χ0) is 19.5. The smallest absolute Gasteiger partial charge is 0.343 e. The van der Waals surface area contributed by atoms with Crippen molar-refractivity contribution in [2.24, 2.45) is 0 Å². The van der Waals surface area contributed by atoms with E-state index in [4.69, 9.17) is 14.7 Å². The molecule has 2 aliphatic carbocycles. The van der Waals surface area contributed by atoms with Gasteiger partial charge in [-0.25, -0.2) is 19.7 Å². The molecular weight excluding hydrogens is 362 g/mol. The Kier molecular flexibility index (Phi) is 3.48. The third-order valence-corrected chi connectivity index (χ3v) is 6.19. The monoisotopic (exact) mass is 381 g/mol. The van der Waals surface area contributed by atoms with E-state index in [-0.39, 0.29) is 0 Å². The summed E-state index contributed by atoms with van der Waals surface area (Å²) in [6.45, 7) is 1.92.